The molecule has 2 unspecified atom stereocenters. The van der Waals surface area contributed by atoms with E-state index in [9.17, 15) is 22.8 Å². The first-order chi connectivity index (χ1) is 9.10. The Morgan fingerprint density at radius 2 is 2.00 bits per heavy atom. The summed E-state index contributed by atoms with van der Waals surface area (Å²) >= 11 is 0. The van der Waals surface area contributed by atoms with E-state index in [2.05, 4.69) is 0 Å². The summed E-state index contributed by atoms with van der Waals surface area (Å²) in [6.07, 6.45) is -4.94. The number of alkyl halides is 3. The Kier molecular flexibility index (Phi) is 5.21. The summed E-state index contributed by atoms with van der Waals surface area (Å²) in [7, 11) is 0. The molecule has 9 heteroatoms. The monoisotopic (exact) mass is 298 g/mol. The first-order valence-electron chi connectivity index (χ1n) is 6.06. The number of rotatable bonds is 3. The predicted molar refractivity (Wildman–Crippen MR) is 62.2 cm³/mol. The lowest BCUT2D eigenvalue weighted by Crippen LogP contribution is -2.56. The number of hydrogen-bond donors (Lipinski definition) is 1. The average Bonchev–Trinajstić information content (AvgIpc) is 2.28. The molecule has 20 heavy (non-hydrogen) atoms. The number of nitrogens with zero attached hydrogens (tertiary/aromatic N) is 2. The minimum atomic E-state index is -4.65. The minimum absolute atomic E-state index is 0.133. The number of aliphatic carboxylic acids is 1. The van der Waals surface area contributed by atoms with E-state index in [0.29, 0.717) is 0 Å². The fourth-order valence-electron chi connectivity index (χ4n) is 1.92. The van der Waals surface area contributed by atoms with Crippen molar-refractivity contribution in [2.75, 3.05) is 26.2 Å². The van der Waals surface area contributed by atoms with Crippen molar-refractivity contribution in [3.63, 3.8) is 0 Å². The molecule has 1 fully saturated rings. The van der Waals surface area contributed by atoms with Crippen LogP contribution in [0.1, 0.15) is 13.8 Å². The molecule has 0 aromatic heterocycles. The Morgan fingerprint density at radius 1 is 1.40 bits per heavy atom. The lowest BCUT2D eigenvalue weighted by atomic mass is 10.2. The third-order valence-electron chi connectivity index (χ3n) is 2.82. The van der Waals surface area contributed by atoms with Gasteiger partial charge in [0.2, 0.25) is 0 Å². The number of carbonyl (C=O) groups excluding carboxylic acids is 1. The maximum atomic E-state index is 12.4. The van der Waals surface area contributed by atoms with E-state index in [4.69, 9.17) is 9.84 Å². The maximum absolute atomic E-state index is 12.4. The van der Waals surface area contributed by atoms with E-state index in [1.54, 1.807) is 13.8 Å². The summed E-state index contributed by atoms with van der Waals surface area (Å²) in [6, 6.07) is -1.34. The Morgan fingerprint density at radius 3 is 2.50 bits per heavy atom. The molecule has 0 aromatic carbocycles. The number of carboxylic acids is 1. The van der Waals surface area contributed by atoms with Crippen molar-refractivity contribution in [3.05, 3.63) is 0 Å². The van der Waals surface area contributed by atoms with Crippen LogP contribution in [0, 0.1) is 0 Å². The van der Waals surface area contributed by atoms with E-state index < -0.39 is 37.3 Å². The van der Waals surface area contributed by atoms with Gasteiger partial charge >= 0.3 is 18.2 Å². The summed E-state index contributed by atoms with van der Waals surface area (Å²) in [4.78, 5) is 24.2. The largest absolute Gasteiger partial charge is 0.480 e. The molecule has 0 aliphatic carbocycles. The third kappa shape index (κ3) is 4.87. The molecule has 6 nitrogen and oxygen atoms in total. The molecule has 1 aliphatic rings. The topological polar surface area (TPSA) is 70.1 Å². The smallest absolute Gasteiger partial charge is 0.406 e. The number of carbonyl (C=O) groups is 2. The summed E-state index contributed by atoms with van der Waals surface area (Å²) < 4.78 is 42.6. The van der Waals surface area contributed by atoms with Crippen molar-refractivity contribution in [2.24, 2.45) is 0 Å². The van der Waals surface area contributed by atoms with Crippen LogP contribution in [0.5, 0.6) is 0 Å². The highest BCUT2D eigenvalue weighted by molar-refractivity contribution is 5.80. The lowest BCUT2D eigenvalue weighted by molar-refractivity contribution is -0.150. The molecule has 1 heterocycles. The van der Waals surface area contributed by atoms with Gasteiger partial charge in [-0.15, -0.1) is 0 Å². The van der Waals surface area contributed by atoms with Gasteiger partial charge in [-0.05, 0) is 13.8 Å². The van der Waals surface area contributed by atoms with Gasteiger partial charge in [0, 0.05) is 6.54 Å². The van der Waals surface area contributed by atoms with Crippen molar-refractivity contribution in [2.45, 2.75) is 32.2 Å². The Hall–Kier alpha value is -1.51. The van der Waals surface area contributed by atoms with E-state index in [1.807, 2.05) is 0 Å². The summed E-state index contributed by atoms with van der Waals surface area (Å²) in [5.74, 6) is -1.49. The number of carboxylic acid groups (broad SMARTS) is 1. The van der Waals surface area contributed by atoms with Crippen LogP contribution in [-0.4, -0.2) is 71.5 Å². The zero-order valence-corrected chi connectivity index (χ0v) is 11.2. The molecule has 1 aliphatic heterocycles. The molecule has 1 N–H and O–H groups in total. The van der Waals surface area contributed by atoms with E-state index >= 15 is 0 Å². The fourth-order valence-corrected chi connectivity index (χ4v) is 1.92. The molecule has 0 radical (unpaired) electrons. The van der Waals surface area contributed by atoms with Gasteiger partial charge in [-0.25, -0.2) is 4.79 Å². The van der Waals surface area contributed by atoms with Gasteiger partial charge < -0.3 is 19.6 Å². The van der Waals surface area contributed by atoms with E-state index in [0.717, 1.165) is 0 Å². The number of urea groups is 1. The SMILES string of the molecule is CC1CN(C(=O)N(CC(=O)O)CC(F)(F)F)C(C)CO1. The normalized spacial score (nSPS) is 23.6. The number of morpholine rings is 1. The van der Waals surface area contributed by atoms with Gasteiger partial charge in [0.1, 0.15) is 13.1 Å². The van der Waals surface area contributed by atoms with Crippen LogP contribution in [0.2, 0.25) is 0 Å². The molecule has 116 valence electrons. The molecule has 0 bridgehead atoms. The number of halogens is 3. The molecule has 0 spiro atoms. The predicted octanol–water partition coefficient (Wildman–Crippen LogP) is 1.16. The standard InChI is InChI=1S/C11H17F3N2O4/c1-7-5-20-8(2)3-16(7)10(19)15(4-9(17)18)6-11(12,13)14/h7-8H,3-6H2,1-2H3,(H,17,18). The number of ether oxygens (including phenoxy) is 1. The second-order valence-electron chi connectivity index (χ2n) is 4.79. The van der Waals surface area contributed by atoms with Crippen LogP contribution in [0.3, 0.4) is 0 Å². The van der Waals surface area contributed by atoms with Crippen LogP contribution in [0.15, 0.2) is 0 Å². The van der Waals surface area contributed by atoms with Crippen LogP contribution < -0.4 is 0 Å². The van der Waals surface area contributed by atoms with Gasteiger partial charge in [0.15, 0.2) is 0 Å². The molecule has 1 saturated heterocycles. The van der Waals surface area contributed by atoms with Gasteiger partial charge in [0.25, 0.3) is 0 Å². The Balaban J connectivity index is 2.82. The summed E-state index contributed by atoms with van der Waals surface area (Å²) in [6.45, 7) is 1.09. The zero-order chi connectivity index (χ0) is 15.5. The Labute approximate surface area is 114 Å². The quantitative estimate of drug-likeness (QED) is 0.849. The number of hydrogen-bond acceptors (Lipinski definition) is 3. The average molecular weight is 298 g/mol. The van der Waals surface area contributed by atoms with Gasteiger partial charge in [0.05, 0.1) is 18.8 Å². The second kappa shape index (κ2) is 6.29. The van der Waals surface area contributed by atoms with Crippen LogP contribution in [0.4, 0.5) is 18.0 Å². The van der Waals surface area contributed by atoms with Gasteiger partial charge in [-0.2, -0.15) is 13.2 Å². The first kappa shape index (κ1) is 16.5. The molecule has 0 aromatic rings. The number of amides is 2. The van der Waals surface area contributed by atoms with Gasteiger partial charge in [-0.3, -0.25) is 4.79 Å². The molecular weight excluding hydrogens is 281 g/mol. The first-order valence-corrected chi connectivity index (χ1v) is 6.06. The molecular formula is C11H17F3N2O4. The molecule has 2 amide bonds. The van der Waals surface area contributed by atoms with Crippen molar-refractivity contribution in [1.82, 2.24) is 9.80 Å². The van der Waals surface area contributed by atoms with E-state index in [-0.39, 0.29) is 24.2 Å². The van der Waals surface area contributed by atoms with Crippen LogP contribution in [0.25, 0.3) is 0 Å². The summed E-state index contributed by atoms with van der Waals surface area (Å²) in [5.41, 5.74) is 0. The van der Waals surface area contributed by atoms with Gasteiger partial charge in [-0.1, -0.05) is 0 Å². The van der Waals surface area contributed by atoms with E-state index in [1.165, 1.54) is 4.90 Å². The van der Waals surface area contributed by atoms with Crippen molar-refractivity contribution in [1.29, 1.82) is 0 Å². The zero-order valence-electron chi connectivity index (χ0n) is 11.2. The summed E-state index contributed by atoms with van der Waals surface area (Å²) in [5, 5.41) is 8.64. The van der Waals surface area contributed by atoms with Crippen LogP contribution in [-0.2, 0) is 9.53 Å². The Bertz CT molecular complexity index is 375. The highest BCUT2D eigenvalue weighted by Crippen LogP contribution is 2.19. The maximum Gasteiger partial charge on any atom is 0.406 e. The van der Waals surface area contributed by atoms with Crippen molar-refractivity contribution in [3.8, 4) is 0 Å². The van der Waals surface area contributed by atoms with Crippen molar-refractivity contribution < 1.29 is 32.6 Å². The van der Waals surface area contributed by atoms with Crippen LogP contribution >= 0.6 is 0 Å². The third-order valence-corrected chi connectivity index (χ3v) is 2.82. The molecule has 1 rings (SSSR count). The highest BCUT2D eigenvalue weighted by atomic mass is 19.4. The molecule has 2 atom stereocenters. The lowest BCUT2D eigenvalue weighted by Gasteiger charge is -2.39. The highest BCUT2D eigenvalue weighted by Gasteiger charge is 2.38. The second-order valence-corrected chi connectivity index (χ2v) is 4.79. The fraction of sp³-hybridized carbons (Fsp3) is 0.818. The minimum Gasteiger partial charge on any atom is -0.480 e. The molecule has 0 saturated carbocycles. The van der Waals surface area contributed by atoms with Crippen molar-refractivity contribution >= 4 is 12.0 Å².